The topological polar surface area (TPSA) is 68.5 Å². The normalized spacial score (nSPS) is 11.1. The molecule has 0 spiro atoms. The van der Waals surface area contributed by atoms with Crippen molar-refractivity contribution in [2.24, 2.45) is 7.05 Å². The Hall–Kier alpha value is -2.87. The molecule has 4 aromatic rings. The molecular weight excluding hydrogens is 339 g/mol. The van der Waals surface area contributed by atoms with Crippen LogP contribution in [0.3, 0.4) is 0 Å². The van der Waals surface area contributed by atoms with E-state index in [1.807, 2.05) is 12.4 Å². The van der Waals surface area contributed by atoms with Crippen LogP contribution in [0.1, 0.15) is 5.82 Å². The predicted molar refractivity (Wildman–Crippen MR) is 96.0 cm³/mol. The maximum Gasteiger partial charge on any atom is 0.138 e. The SMILES string of the molecule is Cn1ncnc1CCNc1ncnc2scc(-c3ccc(F)cc3)c12. The molecule has 0 fully saturated rings. The van der Waals surface area contributed by atoms with Crippen LogP contribution in [-0.4, -0.2) is 31.3 Å². The van der Waals surface area contributed by atoms with Crippen LogP contribution in [-0.2, 0) is 13.5 Å². The number of rotatable bonds is 5. The fourth-order valence-electron chi connectivity index (χ4n) is 2.69. The highest BCUT2D eigenvalue weighted by atomic mass is 32.1. The van der Waals surface area contributed by atoms with Crippen molar-refractivity contribution < 1.29 is 4.39 Å². The van der Waals surface area contributed by atoms with Crippen molar-refractivity contribution in [2.75, 3.05) is 11.9 Å². The van der Waals surface area contributed by atoms with Gasteiger partial charge in [0.05, 0.1) is 5.39 Å². The lowest BCUT2D eigenvalue weighted by molar-refractivity contribution is 0.628. The van der Waals surface area contributed by atoms with Gasteiger partial charge in [0, 0.05) is 31.0 Å². The number of thiophene rings is 1. The van der Waals surface area contributed by atoms with Crippen LogP contribution in [0.15, 0.2) is 42.3 Å². The summed E-state index contributed by atoms with van der Waals surface area (Å²) in [5, 5.41) is 10.4. The second kappa shape index (κ2) is 6.56. The average Bonchev–Trinajstić information content (AvgIpc) is 3.23. The predicted octanol–water partition coefficient (Wildman–Crippen LogP) is 3.28. The minimum Gasteiger partial charge on any atom is -0.369 e. The van der Waals surface area contributed by atoms with Gasteiger partial charge in [-0.05, 0) is 17.7 Å². The first kappa shape index (κ1) is 15.6. The summed E-state index contributed by atoms with van der Waals surface area (Å²) in [6, 6.07) is 6.47. The van der Waals surface area contributed by atoms with E-state index in [0.29, 0.717) is 6.54 Å². The van der Waals surface area contributed by atoms with Gasteiger partial charge < -0.3 is 5.32 Å². The molecule has 4 rings (SSSR count). The summed E-state index contributed by atoms with van der Waals surface area (Å²) in [5.74, 6) is 1.43. The molecule has 6 nitrogen and oxygen atoms in total. The maximum atomic E-state index is 13.2. The number of aryl methyl sites for hydroxylation is 1. The van der Waals surface area contributed by atoms with E-state index in [2.05, 4.69) is 25.4 Å². The quantitative estimate of drug-likeness (QED) is 0.596. The van der Waals surface area contributed by atoms with Crippen molar-refractivity contribution in [3.63, 3.8) is 0 Å². The van der Waals surface area contributed by atoms with E-state index < -0.39 is 0 Å². The average molecular weight is 354 g/mol. The van der Waals surface area contributed by atoms with Crippen LogP contribution in [0.5, 0.6) is 0 Å². The van der Waals surface area contributed by atoms with E-state index in [4.69, 9.17) is 0 Å². The number of anilines is 1. The Morgan fingerprint density at radius 1 is 1.12 bits per heavy atom. The fourth-order valence-corrected chi connectivity index (χ4v) is 3.61. The molecule has 0 saturated carbocycles. The summed E-state index contributed by atoms with van der Waals surface area (Å²) < 4.78 is 15.0. The van der Waals surface area contributed by atoms with Crippen LogP contribution in [0.25, 0.3) is 21.3 Å². The molecule has 8 heteroatoms. The van der Waals surface area contributed by atoms with Gasteiger partial charge in [0.2, 0.25) is 0 Å². The summed E-state index contributed by atoms with van der Waals surface area (Å²) in [6.45, 7) is 0.678. The molecule has 126 valence electrons. The Morgan fingerprint density at radius 3 is 2.72 bits per heavy atom. The molecule has 0 aliphatic carbocycles. The van der Waals surface area contributed by atoms with E-state index in [-0.39, 0.29) is 5.82 Å². The molecule has 25 heavy (non-hydrogen) atoms. The van der Waals surface area contributed by atoms with Crippen LogP contribution < -0.4 is 5.32 Å². The minimum absolute atomic E-state index is 0.249. The lowest BCUT2D eigenvalue weighted by Gasteiger charge is -2.08. The van der Waals surface area contributed by atoms with Crippen molar-refractivity contribution in [2.45, 2.75) is 6.42 Å². The number of hydrogen-bond acceptors (Lipinski definition) is 6. The number of nitrogens with one attached hydrogen (secondary N) is 1. The molecule has 0 atom stereocenters. The zero-order valence-electron chi connectivity index (χ0n) is 13.5. The largest absolute Gasteiger partial charge is 0.369 e. The second-order valence-corrected chi connectivity index (χ2v) is 6.39. The Kier molecular flexibility index (Phi) is 4.10. The third-order valence-corrected chi connectivity index (χ3v) is 4.86. The van der Waals surface area contributed by atoms with E-state index in [1.54, 1.807) is 40.8 Å². The zero-order valence-corrected chi connectivity index (χ0v) is 14.3. The zero-order chi connectivity index (χ0) is 17.2. The first-order chi connectivity index (χ1) is 12.2. The molecular formula is C17H15FN6S. The molecule has 0 bridgehead atoms. The molecule has 0 aliphatic heterocycles. The number of nitrogens with zero attached hydrogens (tertiary/aromatic N) is 5. The Bertz CT molecular complexity index is 1010. The van der Waals surface area contributed by atoms with E-state index in [1.165, 1.54) is 12.1 Å². The molecule has 0 unspecified atom stereocenters. The Labute approximate surface area is 147 Å². The van der Waals surface area contributed by atoms with Crippen molar-refractivity contribution >= 4 is 27.4 Å². The van der Waals surface area contributed by atoms with Gasteiger partial charge in [-0.1, -0.05) is 12.1 Å². The number of fused-ring (bicyclic) bond motifs is 1. The highest BCUT2D eigenvalue weighted by Crippen LogP contribution is 2.36. The summed E-state index contributed by atoms with van der Waals surface area (Å²) in [6.07, 6.45) is 3.83. The molecule has 0 amide bonds. The smallest absolute Gasteiger partial charge is 0.138 e. The maximum absolute atomic E-state index is 13.2. The molecule has 0 aliphatic rings. The number of halogens is 1. The summed E-state index contributed by atoms with van der Waals surface area (Å²) in [7, 11) is 1.87. The van der Waals surface area contributed by atoms with Gasteiger partial charge in [-0.2, -0.15) is 5.10 Å². The highest BCUT2D eigenvalue weighted by molar-refractivity contribution is 7.17. The minimum atomic E-state index is -0.249. The van der Waals surface area contributed by atoms with Gasteiger partial charge >= 0.3 is 0 Å². The standard InChI is InChI=1S/C17H15FN6S/c1-24-14(20-10-23-24)6-7-19-16-15-13(8-25-17(15)22-9-21-16)11-2-4-12(18)5-3-11/h2-5,8-10H,6-7H2,1H3,(H,19,21,22). The Balaban J connectivity index is 1.63. The van der Waals surface area contributed by atoms with Gasteiger partial charge in [-0.15, -0.1) is 11.3 Å². The van der Waals surface area contributed by atoms with Crippen molar-refractivity contribution in [3.8, 4) is 11.1 Å². The summed E-state index contributed by atoms with van der Waals surface area (Å²) >= 11 is 1.55. The molecule has 0 saturated heterocycles. The molecule has 3 aromatic heterocycles. The molecule has 1 aromatic carbocycles. The van der Waals surface area contributed by atoms with Gasteiger partial charge in [-0.3, -0.25) is 4.68 Å². The third-order valence-electron chi connectivity index (χ3n) is 3.97. The second-order valence-electron chi connectivity index (χ2n) is 5.54. The van der Waals surface area contributed by atoms with E-state index in [9.17, 15) is 4.39 Å². The van der Waals surface area contributed by atoms with Gasteiger partial charge in [0.1, 0.15) is 34.9 Å². The molecule has 3 heterocycles. The number of hydrogen-bond donors (Lipinski definition) is 1. The van der Waals surface area contributed by atoms with Gasteiger partial charge in [-0.25, -0.2) is 19.3 Å². The summed E-state index contributed by atoms with van der Waals surface area (Å²) in [4.78, 5) is 13.9. The summed E-state index contributed by atoms with van der Waals surface area (Å²) in [5.41, 5.74) is 1.94. The van der Waals surface area contributed by atoms with Gasteiger partial charge in [0.15, 0.2) is 0 Å². The van der Waals surface area contributed by atoms with E-state index in [0.717, 1.165) is 39.4 Å². The monoisotopic (exact) mass is 354 g/mol. The number of benzene rings is 1. The lowest BCUT2D eigenvalue weighted by atomic mass is 10.1. The number of aromatic nitrogens is 5. The fraction of sp³-hybridized carbons (Fsp3) is 0.176. The first-order valence-corrected chi connectivity index (χ1v) is 8.65. The highest BCUT2D eigenvalue weighted by Gasteiger charge is 2.13. The van der Waals surface area contributed by atoms with Crippen LogP contribution in [0.4, 0.5) is 10.2 Å². The third kappa shape index (κ3) is 3.08. The van der Waals surface area contributed by atoms with Gasteiger partial charge in [0.25, 0.3) is 0 Å². The van der Waals surface area contributed by atoms with E-state index >= 15 is 0 Å². The van der Waals surface area contributed by atoms with Crippen molar-refractivity contribution in [1.82, 2.24) is 24.7 Å². The lowest BCUT2D eigenvalue weighted by Crippen LogP contribution is -2.10. The molecule has 0 radical (unpaired) electrons. The van der Waals surface area contributed by atoms with Crippen molar-refractivity contribution in [1.29, 1.82) is 0 Å². The first-order valence-electron chi connectivity index (χ1n) is 7.77. The Morgan fingerprint density at radius 2 is 1.96 bits per heavy atom. The molecule has 1 N–H and O–H groups in total. The van der Waals surface area contributed by atoms with Crippen molar-refractivity contribution in [3.05, 3.63) is 53.9 Å². The van der Waals surface area contributed by atoms with Crippen LogP contribution >= 0.6 is 11.3 Å². The van der Waals surface area contributed by atoms with Crippen LogP contribution in [0, 0.1) is 5.82 Å². The van der Waals surface area contributed by atoms with Crippen LogP contribution in [0.2, 0.25) is 0 Å².